The van der Waals surface area contributed by atoms with Crippen molar-refractivity contribution >= 4 is 34.4 Å². The lowest BCUT2D eigenvalue weighted by molar-refractivity contribution is 0.163. The van der Waals surface area contributed by atoms with Crippen molar-refractivity contribution in [2.24, 2.45) is 0 Å². The largest absolute Gasteiger partial charge is 0.483 e. The maximum Gasteiger partial charge on any atom is 0.483 e. The lowest BCUT2D eigenvalue weighted by Crippen LogP contribution is -2.70. The molecule has 0 radical (unpaired) electrons. The third-order valence-electron chi connectivity index (χ3n) is 9.09. The Bertz CT molecular complexity index is 664. The molecule has 2 heterocycles. The number of hydrogen-bond donors (Lipinski definition) is 3. The molecule has 3 unspecified atom stereocenters. The minimum atomic E-state index is -1.67. The Morgan fingerprint density at radius 3 is 1.60 bits per heavy atom. The Kier molecular flexibility index (Phi) is 27.3. The molecule has 0 saturated carbocycles. The highest BCUT2D eigenvalue weighted by Crippen LogP contribution is 2.25. The molecular formula is C33H75N3O3Si4. The fourth-order valence-electron chi connectivity index (χ4n) is 6.43. The first-order chi connectivity index (χ1) is 20.6. The average molecular weight is 674 g/mol. The van der Waals surface area contributed by atoms with Gasteiger partial charge in [-0.15, -0.1) is 13.2 Å². The molecule has 0 bridgehead atoms. The maximum atomic E-state index is 4.74. The zero-order valence-corrected chi connectivity index (χ0v) is 34.1. The summed E-state index contributed by atoms with van der Waals surface area (Å²) in [5.74, 6) is 0. The third-order valence-corrected chi connectivity index (χ3v) is 24.2. The van der Waals surface area contributed by atoms with Gasteiger partial charge in [0.25, 0.3) is 0 Å². The van der Waals surface area contributed by atoms with Crippen molar-refractivity contribution < 1.29 is 13.3 Å². The molecule has 0 aromatic heterocycles. The molecule has 0 aliphatic carbocycles. The van der Waals surface area contributed by atoms with Gasteiger partial charge < -0.3 is 27.9 Å². The van der Waals surface area contributed by atoms with Crippen LogP contribution in [-0.4, -0.2) is 68.8 Å². The van der Waals surface area contributed by atoms with Crippen LogP contribution in [0.4, 0.5) is 0 Å². The summed E-state index contributed by atoms with van der Waals surface area (Å²) in [6, 6.07) is 7.34. The van der Waals surface area contributed by atoms with Gasteiger partial charge in [-0.05, 0) is 75.5 Å². The van der Waals surface area contributed by atoms with Crippen LogP contribution in [0.15, 0.2) is 25.3 Å². The molecule has 0 spiro atoms. The van der Waals surface area contributed by atoms with Gasteiger partial charge >= 0.3 is 9.53 Å². The predicted molar refractivity (Wildman–Crippen MR) is 202 cm³/mol. The quantitative estimate of drug-likeness (QED) is 0.0723. The van der Waals surface area contributed by atoms with E-state index in [4.69, 9.17) is 13.3 Å². The van der Waals surface area contributed by atoms with Gasteiger partial charge in [0.1, 0.15) is 16.5 Å². The van der Waals surface area contributed by atoms with Crippen molar-refractivity contribution in [3.8, 4) is 0 Å². The fourth-order valence-corrected chi connectivity index (χ4v) is 21.8. The van der Waals surface area contributed by atoms with Crippen molar-refractivity contribution in [3.05, 3.63) is 25.3 Å². The Morgan fingerprint density at radius 1 is 0.628 bits per heavy atom. The van der Waals surface area contributed by atoms with Gasteiger partial charge in [-0.2, -0.15) is 0 Å². The molecule has 0 amide bonds. The first-order valence-electron chi connectivity index (χ1n) is 17.7. The highest BCUT2D eigenvalue weighted by atomic mass is 28.4. The molecule has 2 saturated heterocycles. The summed E-state index contributed by atoms with van der Waals surface area (Å²) in [6.07, 6.45) is 24.7. The van der Waals surface area contributed by atoms with E-state index in [1.165, 1.54) is 140 Å². The maximum absolute atomic E-state index is 4.74. The summed E-state index contributed by atoms with van der Waals surface area (Å²) in [6.45, 7) is 20.1. The van der Waals surface area contributed by atoms with Crippen LogP contribution in [0.1, 0.15) is 103 Å². The van der Waals surface area contributed by atoms with E-state index < -0.39 is 34.4 Å². The molecule has 43 heavy (non-hydrogen) atoms. The van der Waals surface area contributed by atoms with Gasteiger partial charge in [-0.25, -0.2) is 0 Å². The number of unbranched alkanes of at least 4 members (excludes halogenated alkanes) is 8. The van der Waals surface area contributed by atoms with Gasteiger partial charge in [-0.1, -0.05) is 103 Å². The summed E-state index contributed by atoms with van der Waals surface area (Å²) in [5, 5.41) is 0. The molecular weight excluding hydrogens is 599 g/mol. The van der Waals surface area contributed by atoms with Crippen LogP contribution in [0.5, 0.6) is 0 Å². The molecule has 0 aromatic rings. The van der Waals surface area contributed by atoms with Crippen LogP contribution >= 0.6 is 0 Å². The highest BCUT2D eigenvalue weighted by molar-refractivity contribution is 6.91. The second-order valence-electron chi connectivity index (χ2n) is 13.6. The van der Waals surface area contributed by atoms with Crippen LogP contribution in [0.25, 0.3) is 0 Å². The number of nitrogens with one attached hydrogen (secondary N) is 3. The minimum absolute atomic E-state index is 0.971. The SMILES string of the molecule is C=CCCCC[Si]1(C)CCCCN1.C=CCCCC[Si]1(C)CCCCN[Si](C)(CCCCCCC)N1.CO[SiH](OC)OC. The van der Waals surface area contributed by atoms with Crippen LogP contribution in [0, 0.1) is 0 Å². The normalized spacial score (nSPS) is 25.9. The molecule has 2 aliphatic rings. The van der Waals surface area contributed by atoms with E-state index in [0.717, 1.165) is 0 Å². The van der Waals surface area contributed by atoms with Crippen LogP contribution in [0.3, 0.4) is 0 Å². The minimum Gasteiger partial charge on any atom is -0.379 e. The molecule has 2 fully saturated rings. The van der Waals surface area contributed by atoms with Crippen molar-refractivity contribution in [3.63, 3.8) is 0 Å². The number of rotatable bonds is 19. The zero-order chi connectivity index (χ0) is 32.3. The Hall–Kier alpha value is 0.108. The van der Waals surface area contributed by atoms with E-state index in [0.29, 0.717) is 0 Å². The molecule has 2 aliphatic heterocycles. The molecule has 10 heteroatoms. The molecule has 6 nitrogen and oxygen atoms in total. The summed E-state index contributed by atoms with van der Waals surface area (Å²) in [7, 11) is -0.629. The summed E-state index contributed by atoms with van der Waals surface area (Å²) < 4.78 is 18.5. The topological polar surface area (TPSA) is 63.8 Å². The molecule has 256 valence electrons. The van der Waals surface area contributed by atoms with E-state index in [1.54, 1.807) is 21.3 Å². The zero-order valence-electron chi connectivity index (χ0n) is 29.9. The second-order valence-corrected chi connectivity index (χ2v) is 28.7. The van der Waals surface area contributed by atoms with Crippen molar-refractivity contribution in [1.29, 1.82) is 0 Å². The second kappa shape index (κ2) is 27.2. The van der Waals surface area contributed by atoms with Gasteiger partial charge in [0.15, 0.2) is 8.40 Å². The van der Waals surface area contributed by atoms with Crippen molar-refractivity contribution in [1.82, 2.24) is 14.6 Å². The number of hydrogen-bond acceptors (Lipinski definition) is 6. The Balaban J connectivity index is 0.000000735. The lowest BCUT2D eigenvalue weighted by Gasteiger charge is -2.42. The first-order valence-corrected chi connectivity index (χ1v) is 27.7. The smallest absolute Gasteiger partial charge is 0.379 e. The molecule has 3 N–H and O–H groups in total. The Labute approximate surface area is 274 Å². The van der Waals surface area contributed by atoms with Gasteiger partial charge in [0.05, 0.1) is 0 Å². The summed E-state index contributed by atoms with van der Waals surface area (Å²) in [5.41, 5.74) is 0. The van der Waals surface area contributed by atoms with E-state index in [2.05, 4.69) is 60.4 Å². The monoisotopic (exact) mass is 673 g/mol. The molecule has 3 atom stereocenters. The molecule has 0 aromatic carbocycles. The highest BCUT2D eigenvalue weighted by Gasteiger charge is 2.38. The summed E-state index contributed by atoms with van der Waals surface area (Å²) in [4.78, 5) is 7.78. The van der Waals surface area contributed by atoms with E-state index in [9.17, 15) is 0 Å². The van der Waals surface area contributed by atoms with E-state index in [1.807, 2.05) is 6.08 Å². The van der Waals surface area contributed by atoms with E-state index >= 15 is 0 Å². The fraction of sp³-hybridized carbons (Fsp3) is 0.879. The van der Waals surface area contributed by atoms with Gasteiger partial charge in [0.2, 0.25) is 0 Å². The number of allylic oxidation sites excluding steroid dienone is 2. The van der Waals surface area contributed by atoms with Crippen LogP contribution in [-0.2, 0) is 13.3 Å². The summed E-state index contributed by atoms with van der Waals surface area (Å²) >= 11 is 0. The van der Waals surface area contributed by atoms with Crippen molar-refractivity contribution in [2.75, 3.05) is 34.4 Å². The van der Waals surface area contributed by atoms with Crippen LogP contribution < -0.4 is 14.6 Å². The average Bonchev–Trinajstić information content (AvgIpc) is 2.98. The van der Waals surface area contributed by atoms with Crippen molar-refractivity contribution in [2.45, 2.75) is 153 Å². The van der Waals surface area contributed by atoms with E-state index in [-0.39, 0.29) is 0 Å². The van der Waals surface area contributed by atoms with Gasteiger partial charge in [0, 0.05) is 21.3 Å². The lowest BCUT2D eigenvalue weighted by atomic mass is 10.2. The predicted octanol–water partition coefficient (Wildman–Crippen LogP) is 8.88. The third kappa shape index (κ3) is 23.1. The van der Waals surface area contributed by atoms with Crippen LogP contribution in [0.2, 0.25) is 49.9 Å². The molecule has 2 rings (SSSR count). The first kappa shape index (κ1) is 43.1. The standard InChI is InChI=1S/C19H42N2Si2.C11H23NSi.C3H10O3Si/c1-5-7-9-11-14-19-23(4)20-16-12-15-18-22(3,21-23)17-13-10-8-6-2;1-3-4-5-7-10-13(2)11-8-6-9-12-13;1-4-7(5-2)6-3/h6,20-21H,2,5,7-19H2,1,3-4H3;3,12H,1,4-11H2,2H3;7H,1-3H3. The Morgan fingerprint density at radius 2 is 1.12 bits per heavy atom. The van der Waals surface area contributed by atoms with Gasteiger partial charge in [-0.3, -0.25) is 0 Å².